The van der Waals surface area contributed by atoms with Gasteiger partial charge in [0.25, 0.3) is 0 Å². The Morgan fingerprint density at radius 1 is 1.17 bits per heavy atom. The highest BCUT2D eigenvalue weighted by atomic mass is 79.9. The Morgan fingerprint density at radius 3 is 2.29 bits per heavy atom. The number of nitriles is 1. The fraction of sp³-hybridized carbons (Fsp3) is 0.111. The van der Waals surface area contributed by atoms with Crippen LogP contribution in [0, 0.1) is 11.3 Å². The fourth-order valence-corrected chi connectivity index (χ4v) is 2.65. The molecule has 1 N–H and O–H groups in total. The third-order valence-corrected chi connectivity index (χ3v) is 3.79. The molecule has 0 aliphatic rings. The van der Waals surface area contributed by atoms with Gasteiger partial charge in [-0.1, -0.05) is 28.1 Å². The summed E-state index contributed by atoms with van der Waals surface area (Å²) in [5, 5.41) is 18.4. The maximum atomic E-state index is 10.9. The maximum absolute atomic E-state index is 10.9. The minimum Gasteiger partial charge on any atom is -0.493 e. The van der Waals surface area contributed by atoms with E-state index < -0.39 is 5.97 Å². The lowest BCUT2D eigenvalue weighted by molar-refractivity contribution is 0.0697. The Bertz CT molecular complexity index is 835. The van der Waals surface area contributed by atoms with Gasteiger partial charge in [-0.2, -0.15) is 5.26 Å². The molecule has 24 heavy (non-hydrogen) atoms. The third-order valence-electron chi connectivity index (χ3n) is 3.34. The number of hydrogen-bond donors (Lipinski definition) is 1. The molecule has 0 amide bonds. The third kappa shape index (κ3) is 3.76. The lowest BCUT2D eigenvalue weighted by Gasteiger charge is -2.12. The van der Waals surface area contributed by atoms with E-state index in [4.69, 9.17) is 14.6 Å². The lowest BCUT2D eigenvalue weighted by atomic mass is 10.0. The summed E-state index contributed by atoms with van der Waals surface area (Å²) >= 11 is 3.40. The Balaban J connectivity index is 2.53. The van der Waals surface area contributed by atoms with Crippen LogP contribution in [0.3, 0.4) is 0 Å². The van der Waals surface area contributed by atoms with Crippen molar-refractivity contribution in [3.05, 3.63) is 57.6 Å². The van der Waals surface area contributed by atoms with E-state index in [1.54, 1.807) is 24.3 Å². The van der Waals surface area contributed by atoms with Crippen molar-refractivity contribution < 1.29 is 19.4 Å². The summed E-state index contributed by atoms with van der Waals surface area (Å²) in [7, 11) is 3.06. The number of methoxy groups -OCH3 is 2. The maximum Gasteiger partial charge on any atom is 0.335 e. The van der Waals surface area contributed by atoms with Crippen molar-refractivity contribution in [2.75, 3.05) is 14.2 Å². The number of hydrogen-bond acceptors (Lipinski definition) is 4. The van der Waals surface area contributed by atoms with Crippen LogP contribution in [-0.2, 0) is 0 Å². The Labute approximate surface area is 147 Å². The van der Waals surface area contributed by atoms with E-state index in [0.29, 0.717) is 28.2 Å². The molecule has 2 rings (SSSR count). The van der Waals surface area contributed by atoms with Crippen LogP contribution in [0.1, 0.15) is 21.5 Å². The number of halogens is 1. The zero-order chi connectivity index (χ0) is 17.7. The molecule has 6 heteroatoms. The summed E-state index contributed by atoms with van der Waals surface area (Å²) in [5.41, 5.74) is 1.83. The van der Waals surface area contributed by atoms with Crippen LogP contribution in [0.4, 0.5) is 0 Å². The molecule has 2 aromatic carbocycles. The van der Waals surface area contributed by atoms with Gasteiger partial charge in [0.1, 0.15) is 0 Å². The number of ether oxygens (including phenoxy) is 2. The normalized spacial score (nSPS) is 10.8. The zero-order valence-corrected chi connectivity index (χ0v) is 14.6. The summed E-state index contributed by atoms with van der Waals surface area (Å²) in [6.07, 6.45) is 1.67. The van der Waals surface area contributed by atoms with Crippen molar-refractivity contribution in [1.82, 2.24) is 0 Å². The molecular formula is C18H14BrNO4. The van der Waals surface area contributed by atoms with Crippen molar-refractivity contribution in [1.29, 1.82) is 5.26 Å². The van der Waals surface area contributed by atoms with Crippen LogP contribution < -0.4 is 9.47 Å². The number of rotatable bonds is 5. The average molecular weight is 388 g/mol. The molecule has 0 spiro atoms. The summed E-state index contributed by atoms with van der Waals surface area (Å²) in [5.74, 6) is 0.0367. The SMILES string of the molecule is COc1cc(Br)cc(/C=C(\C#N)c2ccc(C(=O)O)cc2)c1OC. The summed E-state index contributed by atoms with van der Waals surface area (Å²) in [6, 6.07) is 11.8. The predicted molar refractivity (Wildman–Crippen MR) is 94.1 cm³/mol. The number of aromatic carboxylic acids is 1. The molecular weight excluding hydrogens is 374 g/mol. The quantitative estimate of drug-likeness (QED) is 0.613. The minimum absolute atomic E-state index is 0.165. The van der Waals surface area contributed by atoms with E-state index in [1.807, 2.05) is 6.07 Å². The van der Waals surface area contributed by atoms with Gasteiger partial charge in [0.05, 0.1) is 31.4 Å². The number of carboxylic acids is 1. The van der Waals surface area contributed by atoms with Gasteiger partial charge >= 0.3 is 5.97 Å². The van der Waals surface area contributed by atoms with Crippen LogP contribution in [0.25, 0.3) is 11.6 Å². The van der Waals surface area contributed by atoms with Gasteiger partial charge in [-0.15, -0.1) is 0 Å². The molecule has 0 radical (unpaired) electrons. The van der Waals surface area contributed by atoms with Crippen molar-refractivity contribution in [2.45, 2.75) is 0 Å². The number of carboxylic acid groups (broad SMARTS) is 1. The molecule has 0 heterocycles. The summed E-state index contributed by atoms with van der Waals surface area (Å²) < 4.78 is 11.4. The predicted octanol–water partition coefficient (Wildman–Crippen LogP) is 4.23. The van der Waals surface area contributed by atoms with Gasteiger partial charge in [-0.3, -0.25) is 0 Å². The standard InChI is InChI=1S/C18H14BrNO4/c1-23-16-9-15(19)8-13(17(16)24-2)7-14(10-20)11-3-5-12(6-4-11)18(21)22/h3-9H,1-2H3,(H,21,22)/b14-7+. The Hall–Kier alpha value is -2.78. The fourth-order valence-electron chi connectivity index (χ4n) is 2.19. The molecule has 5 nitrogen and oxygen atoms in total. The van der Waals surface area contributed by atoms with Crippen LogP contribution in [0.15, 0.2) is 40.9 Å². The van der Waals surface area contributed by atoms with E-state index in [1.165, 1.54) is 26.4 Å². The Kier molecular flexibility index (Phi) is 5.61. The van der Waals surface area contributed by atoms with E-state index in [2.05, 4.69) is 22.0 Å². The van der Waals surface area contributed by atoms with Crippen LogP contribution in [0.5, 0.6) is 11.5 Å². The van der Waals surface area contributed by atoms with Gasteiger partial charge < -0.3 is 14.6 Å². The molecule has 0 aliphatic carbocycles. The topological polar surface area (TPSA) is 79.5 Å². The lowest BCUT2D eigenvalue weighted by Crippen LogP contribution is -1.96. The second-order valence-electron chi connectivity index (χ2n) is 4.78. The highest BCUT2D eigenvalue weighted by Crippen LogP contribution is 2.36. The largest absolute Gasteiger partial charge is 0.493 e. The number of carbonyl (C=O) groups is 1. The van der Waals surface area contributed by atoms with Crippen LogP contribution >= 0.6 is 15.9 Å². The number of nitrogens with zero attached hydrogens (tertiary/aromatic N) is 1. The van der Waals surface area contributed by atoms with Gasteiger partial charge in [0, 0.05) is 10.0 Å². The van der Waals surface area contributed by atoms with Crippen LogP contribution in [-0.4, -0.2) is 25.3 Å². The van der Waals surface area contributed by atoms with Crippen molar-refractivity contribution >= 4 is 33.5 Å². The zero-order valence-electron chi connectivity index (χ0n) is 13.0. The van der Waals surface area contributed by atoms with Crippen molar-refractivity contribution in [2.24, 2.45) is 0 Å². The summed E-state index contributed by atoms with van der Waals surface area (Å²) in [4.78, 5) is 10.9. The molecule has 0 fully saturated rings. The second kappa shape index (κ2) is 7.66. The molecule has 0 saturated heterocycles. The monoisotopic (exact) mass is 387 g/mol. The molecule has 0 atom stereocenters. The smallest absolute Gasteiger partial charge is 0.335 e. The molecule has 0 unspecified atom stereocenters. The van der Waals surface area contributed by atoms with Gasteiger partial charge in [0.15, 0.2) is 11.5 Å². The number of allylic oxidation sites excluding steroid dienone is 1. The molecule has 0 aromatic heterocycles. The van der Waals surface area contributed by atoms with E-state index in [0.717, 1.165) is 4.47 Å². The first kappa shape index (κ1) is 17.6. The van der Waals surface area contributed by atoms with Gasteiger partial charge in [-0.25, -0.2) is 4.79 Å². The van der Waals surface area contributed by atoms with E-state index in [-0.39, 0.29) is 5.56 Å². The van der Waals surface area contributed by atoms with Crippen molar-refractivity contribution in [3.63, 3.8) is 0 Å². The molecule has 0 bridgehead atoms. The average Bonchev–Trinajstić information content (AvgIpc) is 2.59. The second-order valence-corrected chi connectivity index (χ2v) is 5.70. The first-order valence-corrected chi connectivity index (χ1v) is 7.66. The molecule has 122 valence electrons. The van der Waals surface area contributed by atoms with Crippen molar-refractivity contribution in [3.8, 4) is 17.6 Å². The minimum atomic E-state index is -1.01. The van der Waals surface area contributed by atoms with Gasteiger partial charge in [0.2, 0.25) is 0 Å². The first-order valence-electron chi connectivity index (χ1n) is 6.87. The van der Waals surface area contributed by atoms with Crippen LogP contribution in [0.2, 0.25) is 0 Å². The van der Waals surface area contributed by atoms with E-state index in [9.17, 15) is 10.1 Å². The molecule has 0 aliphatic heterocycles. The Morgan fingerprint density at radius 2 is 1.79 bits per heavy atom. The highest BCUT2D eigenvalue weighted by Gasteiger charge is 2.12. The molecule has 2 aromatic rings. The first-order chi connectivity index (χ1) is 11.5. The molecule has 0 saturated carbocycles. The van der Waals surface area contributed by atoms with E-state index >= 15 is 0 Å². The number of benzene rings is 2. The summed E-state index contributed by atoms with van der Waals surface area (Å²) in [6.45, 7) is 0. The van der Waals surface area contributed by atoms with Gasteiger partial charge in [-0.05, 0) is 35.9 Å². The highest BCUT2D eigenvalue weighted by molar-refractivity contribution is 9.10.